The summed E-state index contributed by atoms with van der Waals surface area (Å²) in [5.74, 6) is 0.555. The van der Waals surface area contributed by atoms with Gasteiger partial charge in [0.05, 0.1) is 5.92 Å². The van der Waals surface area contributed by atoms with Gasteiger partial charge in [0.2, 0.25) is 11.8 Å². The monoisotopic (exact) mass is 279 g/mol. The number of piperidine rings is 1. The topological polar surface area (TPSA) is 75.4 Å². The molecule has 2 atom stereocenters. The molecular weight excluding hydrogens is 254 g/mol. The second kappa shape index (κ2) is 7.43. The number of carbonyl (C=O) groups is 2. The SMILES string of the molecule is NCCNC(=O)C1CCCN(C(=O)CC2C=CCC2)C1. The Hall–Kier alpha value is -1.36. The Balaban J connectivity index is 1.81. The van der Waals surface area contributed by atoms with E-state index in [1.165, 1.54) is 0 Å². The lowest BCUT2D eigenvalue weighted by Crippen LogP contribution is -2.46. The zero-order valence-electron chi connectivity index (χ0n) is 12.0. The van der Waals surface area contributed by atoms with E-state index in [0.717, 1.165) is 32.2 Å². The van der Waals surface area contributed by atoms with Gasteiger partial charge >= 0.3 is 0 Å². The van der Waals surface area contributed by atoms with Gasteiger partial charge in [-0.1, -0.05) is 12.2 Å². The quantitative estimate of drug-likeness (QED) is 0.726. The summed E-state index contributed by atoms with van der Waals surface area (Å²) in [5.41, 5.74) is 5.39. The van der Waals surface area contributed by atoms with Crippen molar-refractivity contribution in [3.63, 3.8) is 0 Å². The molecule has 0 saturated carbocycles. The molecule has 2 aliphatic rings. The number of nitrogens with zero attached hydrogens (tertiary/aromatic N) is 1. The summed E-state index contributed by atoms with van der Waals surface area (Å²) in [5, 5.41) is 2.82. The lowest BCUT2D eigenvalue weighted by atomic mass is 9.95. The lowest BCUT2D eigenvalue weighted by Gasteiger charge is -2.32. The zero-order valence-corrected chi connectivity index (χ0v) is 12.0. The van der Waals surface area contributed by atoms with E-state index in [1.807, 2.05) is 4.90 Å². The van der Waals surface area contributed by atoms with Gasteiger partial charge in [-0.3, -0.25) is 9.59 Å². The normalized spacial score (nSPS) is 25.8. The van der Waals surface area contributed by atoms with Crippen LogP contribution in [0.25, 0.3) is 0 Å². The molecule has 0 radical (unpaired) electrons. The van der Waals surface area contributed by atoms with E-state index in [4.69, 9.17) is 5.73 Å². The molecule has 1 aliphatic carbocycles. The molecule has 112 valence electrons. The van der Waals surface area contributed by atoms with Gasteiger partial charge in [0.25, 0.3) is 0 Å². The van der Waals surface area contributed by atoms with Crippen LogP contribution in [0.3, 0.4) is 0 Å². The molecule has 0 aromatic rings. The van der Waals surface area contributed by atoms with Crippen LogP contribution in [-0.4, -0.2) is 42.9 Å². The third kappa shape index (κ3) is 4.07. The Morgan fingerprint density at radius 1 is 1.35 bits per heavy atom. The molecule has 2 unspecified atom stereocenters. The molecule has 1 aliphatic heterocycles. The van der Waals surface area contributed by atoms with Crippen molar-refractivity contribution in [3.05, 3.63) is 12.2 Å². The Bertz CT molecular complexity index is 381. The van der Waals surface area contributed by atoms with Crippen LogP contribution < -0.4 is 11.1 Å². The Morgan fingerprint density at radius 2 is 2.20 bits per heavy atom. The van der Waals surface area contributed by atoms with E-state index in [1.54, 1.807) is 0 Å². The average molecular weight is 279 g/mol. The molecule has 3 N–H and O–H groups in total. The van der Waals surface area contributed by atoms with Gasteiger partial charge in [0.15, 0.2) is 0 Å². The van der Waals surface area contributed by atoms with Crippen molar-refractivity contribution in [3.8, 4) is 0 Å². The molecule has 0 spiro atoms. The van der Waals surface area contributed by atoms with Gasteiger partial charge in [0.1, 0.15) is 0 Å². The molecule has 2 amide bonds. The molecule has 1 heterocycles. The highest BCUT2D eigenvalue weighted by atomic mass is 16.2. The maximum Gasteiger partial charge on any atom is 0.224 e. The molecule has 1 fully saturated rings. The Labute approximate surface area is 120 Å². The van der Waals surface area contributed by atoms with Crippen molar-refractivity contribution in [2.24, 2.45) is 17.6 Å². The smallest absolute Gasteiger partial charge is 0.224 e. The first kappa shape index (κ1) is 15.0. The van der Waals surface area contributed by atoms with Crippen LogP contribution >= 0.6 is 0 Å². The van der Waals surface area contributed by atoms with E-state index in [9.17, 15) is 9.59 Å². The highest BCUT2D eigenvalue weighted by Gasteiger charge is 2.29. The van der Waals surface area contributed by atoms with Gasteiger partial charge in [-0.15, -0.1) is 0 Å². The molecule has 20 heavy (non-hydrogen) atoms. The second-order valence-corrected chi connectivity index (χ2v) is 5.73. The van der Waals surface area contributed by atoms with E-state index in [2.05, 4.69) is 17.5 Å². The highest BCUT2D eigenvalue weighted by Crippen LogP contribution is 2.23. The van der Waals surface area contributed by atoms with E-state index < -0.39 is 0 Å². The van der Waals surface area contributed by atoms with Crippen LogP contribution in [0.4, 0.5) is 0 Å². The van der Waals surface area contributed by atoms with Crippen LogP contribution in [0.5, 0.6) is 0 Å². The number of allylic oxidation sites excluding steroid dienone is 2. The minimum Gasteiger partial charge on any atom is -0.355 e. The van der Waals surface area contributed by atoms with Gasteiger partial charge in [-0.25, -0.2) is 0 Å². The fraction of sp³-hybridized carbons (Fsp3) is 0.733. The Kier molecular flexibility index (Phi) is 5.59. The number of nitrogens with one attached hydrogen (secondary N) is 1. The van der Waals surface area contributed by atoms with Crippen LogP contribution in [0, 0.1) is 11.8 Å². The van der Waals surface area contributed by atoms with Crippen molar-refractivity contribution in [2.75, 3.05) is 26.2 Å². The summed E-state index contributed by atoms with van der Waals surface area (Å²) in [7, 11) is 0. The second-order valence-electron chi connectivity index (χ2n) is 5.73. The highest BCUT2D eigenvalue weighted by molar-refractivity contribution is 5.81. The molecule has 0 aromatic heterocycles. The first-order valence-corrected chi connectivity index (χ1v) is 7.63. The first-order valence-electron chi connectivity index (χ1n) is 7.63. The number of hydrogen-bond donors (Lipinski definition) is 2. The summed E-state index contributed by atoms with van der Waals surface area (Å²) >= 11 is 0. The molecule has 2 rings (SSSR count). The number of hydrogen-bond acceptors (Lipinski definition) is 3. The molecule has 5 heteroatoms. The average Bonchev–Trinajstić information content (AvgIpc) is 2.97. The summed E-state index contributed by atoms with van der Waals surface area (Å²) in [6.45, 7) is 2.31. The predicted molar refractivity (Wildman–Crippen MR) is 77.8 cm³/mol. The molecule has 5 nitrogen and oxygen atoms in total. The van der Waals surface area contributed by atoms with E-state index >= 15 is 0 Å². The zero-order chi connectivity index (χ0) is 14.4. The third-order valence-corrected chi connectivity index (χ3v) is 4.14. The number of carbonyl (C=O) groups excluding carboxylic acids is 2. The van der Waals surface area contributed by atoms with Crippen LogP contribution in [0.1, 0.15) is 32.1 Å². The molecular formula is C15H25N3O2. The van der Waals surface area contributed by atoms with Crippen molar-refractivity contribution in [1.29, 1.82) is 0 Å². The number of likely N-dealkylation sites (tertiary alicyclic amines) is 1. The van der Waals surface area contributed by atoms with E-state index in [0.29, 0.717) is 32.0 Å². The lowest BCUT2D eigenvalue weighted by molar-refractivity contribution is -0.136. The van der Waals surface area contributed by atoms with Gasteiger partial charge in [-0.2, -0.15) is 0 Å². The summed E-state index contributed by atoms with van der Waals surface area (Å²) in [4.78, 5) is 26.1. The minimum atomic E-state index is -0.0710. The summed E-state index contributed by atoms with van der Waals surface area (Å²) in [6.07, 6.45) is 8.83. The van der Waals surface area contributed by atoms with Crippen molar-refractivity contribution >= 4 is 11.8 Å². The number of nitrogens with two attached hydrogens (primary N) is 1. The Morgan fingerprint density at radius 3 is 2.90 bits per heavy atom. The van der Waals surface area contributed by atoms with Gasteiger partial charge < -0.3 is 16.0 Å². The number of rotatable bonds is 5. The van der Waals surface area contributed by atoms with Crippen LogP contribution in [0.2, 0.25) is 0 Å². The molecule has 0 bridgehead atoms. The fourth-order valence-corrected chi connectivity index (χ4v) is 2.98. The van der Waals surface area contributed by atoms with Crippen molar-refractivity contribution in [2.45, 2.75) is 32.1 Å². The number of amides is 2. The fourth-order valence-electron chi connectivity index (χ4n) is 2.98. The van der Waals surface area contributed by atoms with Gasteiger partial charge in [-0.05, 0) is 31.6 Å². The van der Waals surface area contributed by atoms with Crippen molar-refractivity contribution < 1.29 is 9.59 Å². The van der Waals surface area contributed by atoms with Gasteiger partial charge in [0, 0.05) is 32.6 Å². The predicted octanol–water partition coefficient (Wildman–Crippen LogP) is 0.656. The minimum absolute atomic E-state index is 0.0358. The van der Waals surface area contributed by atoms with E-state index in [-0.39, 0.29) is 17.7 Å². The van der Waals surface area contributed by atoms with Crippen LogP contribution in [0.15, 0.2) is 12.2 Å². The van der Waals surface area contributed by atoms with Crippen molar-refractivity contribution in [1.82, 2.24) is 10.2 Å². The van der Waals surface area contributed by atoms with Crippen LogP contribution in [-0.2, 0) is 9.59 Å². The third-order valence-electron chi connectivity index (χ3n) is 4.14. The maximum absolute atomic E-state index is 12.3. The first-order chi connectivity index (χ1) is 9.70. The summed E-state index contributed by atoms with van der Waals surface area (Å²) < 4.78 is 0. The largest absolute Gasteiger partial charge is 0.355 e. The standard InChI is InChI=1S/C15H25N3O2/c16-7-8-17-15(20)13-6-3-9-18(11-13)14(19)10-12-4-1-2-5-12/h1,4,12-13H,2-3,5-11,16H2,(H,17,20). The maximum atomic E-state index is 12.3. The molecule has 1 saturated heterocycles. The molecule has 0 aromatic carbocycles. The summed E-state index contributed by atoms with van der Waals surface area (Å²) in [6, 6.07) is 0.